The number of para-hydroxylation sites is 1. The van der Waals surface area contributed by atoms with Crippen molar-refractivity contribution in [1.82, 2.24) is 24.7 Å². The third-order valence-corrected chi connectivity index (χ3v) is 4.71. The minimum Gasteiger partial charge on any atom is -0.460 e. The summed E-state index contributed by atoms with van der Waals surface area (Å²) in [7, 11) is 0. The predicted octanol–water partition coefficient (Wildman–Crippen LogP) is 4.82. The molecule has 1 radical (unpaired) electrons. The van der Waals surface area contributed by atoms with Crippen LogP contribution in [0.15, 0.2) is 35.1 Å². The summed E-state index contributed by atoms with van der Waals surface area (Å²) < 4.78 is 7.65. The number of rotatable bonds is 4. The van der Waals surface area contributed by atoms with E-state index >= 15 is 0 Å². The molecule has 0 aliphatic carbocycles. The molecule has 0 bridgehead atoms. The molecule has 0 aliphatic heterocycles. The zero-order valence-corrected chi connectivity index (χ0v) is 18.9. The Kier molecular flexibility index (Phi) is 5.77. The molecular weight excluding hydrogens is 530 g/mol. The Morgan fingerprint density at radius 1 is 1.07 bits per heavy atom. The van der Waals surface area contributed by atoms with Crippen molar-refractivity contribution < 1.29 is 24.5 Å². The van der Waals surface area contributed by atoms with Gasteiger partial charge < -0.3 is 14.0 Å². The molecule has 6 nitrogen and oxygen atoms in total. The maximum absolute atomic E-state index is 5.63. The number of aromatic nitrogens is 5. The topological polar surface area (TPSA) is 69.6 Å². The molecule has 0 aliphatic rings. The second kappa shape index (κ2) is 7.94. The van der Waals surface area contributed by atoms with Crippen LogP contribution in [0.2, 0.25) is 0 Å². The number of pyridine rings is 1. The molecule has 3 aromatic heterocycles. The molecule has 0 fully saturated rings. The minimum atomic E-state index is 0. The molecule has 1 aromatic carbocycles. The van der Waals surface area contributed by atoms with Crippen molar-refractivity contribution in [1.29, 1.82) is 0 Å². The van der Waals surface area contributed by atoms with Crippen LogP contribution < -0.4 is 0 Å². The molecule has 4 rings (SSSR count). The molecule has 0 N–H and O–H groups in total. The van der Waals surface area contributed by atoms with Gasteiger partial charge in [0.2, 0.25) is 0 Å². The van der Waals surface area contributed by atoms with E-state index in [1.807, 2.05) is 11.5 Å². The van der Waals surface area contributed by atoms with Gasteiger partial charge in [-0.05, 0) is 35.4 Å². The number of oxazole rings is 1. The summed E-state index contributed by atoms with van der Waals surface area (Å²) in [6.07, 6.45) is 6.42. The van der Waals surface area contributed by atoms with Crippen molar-refractivity contribution in [2.45, 2.75) is 46.5 Å². The van der Waals surface area contributed by atoms with Crippen molar-refractivity contribution in [3.63, 3.8) is 0 Å². The van der Waals surface area contributed by atoms with Crippen LogP contribution in [-0.2, 0) is 20.1 Å². The van der Waals surface area contributed by atoms with Gasteiger partial charge in [0.05, 0.1) is 11.4 Å². The first-order valence-electron chi connectivity index (χ1n) is 9.14. The van der Waals surface area contributed by atoms with Crippen LogP contribution in [0.25, 0.3) is 28.2 Å². The molecule has 0 saturated carbocycles. The van der Waals surface area contributed by atoms with Gasteiger partial charge in [-0.15, -0.1) is 5.10 Å². The van der Waals surface area contributed by atoms with E-state index in [1.54, 1.807) is 12.5 Å². The van der Waals surface area contributed by atoms with Gasteiger partial charge in [0, 0.05) is 38.2 Å². The van der Waals surface area contributed by atoms with Gasteiger partial charge in [-0.1, -0.05) is 51.5 Å². The molecule has 147 valence electrons. The van der Waals surface area contributed by atoms with Crippen molar-refractivity contribution in [2.24, 2.45) is 0 Å². The standard InChI is InChI=1S/C21H22N5O.Ir/c1-12(2)15-7-6-8-16(13(3)4)20(15)26-11-23-25-21(26)17-9-22-10-18-19(17)24-14(5)27-18;/h6-8,10-13H,1-5H3;/q-1;. The summed E-state index contributed by atoms with van der Waals surface area (Å²) in [5.41, 5.74) is 5.63. The van der Waals surface area contributed by atoms with Crippen LogP contribution >= 0.6 is 0 Å². The summed E-state index contributed by atoms with van der Waals surface area (Å²) >= 11 is 0. The fourth-order valence-corrected chi connectivity index (χ4v) is 3.43. The molecule has 4 aromatic rings. The second-order valence-corrected chi connectivity index (χ2v) is 7.31. The van der Waals surface area contributed by atoms with E-state index in [1.165, 1.54) is 11.1 Å². The fraction of sp³-hybridized carbons (Fsp3) is 0.333. The summed E-state index contributed by atoms with van der Waals surface area (Å²) in [5, 5.41) is 8.58. The normalized spacial score (nSPS) is 11.4. The summed E-state index contributed by atoms with van der Waals surface area (Å²) in [5.74, 6) is 1.97. The Labute approximate surface area is 177 Å². The first-order valence-corrected chi connectivity index (χ1v) is 9.14. The smallest absolute Gasteiger partial charge is 0.180 e. The number of hydrogen-bond acceptors (Lipinski definition) is 5. The molecule has 0 saturated heterocycles. The minimum absolute atomic E-state index is 0. The third kappa shape index (κ3) is 3.40. The molecule has 0 unspecified atom stereocenters. The van der Waals surface area contributed by atoms with E-state index in [2.05, 4.69) is 72.3 Å². The van der Waals surface area contributed by atoms with Gasteiger partial charge in [-0.2, -0.15) is 5.10 Å². The maximum atomic E-state index is 5.63. The van der Waals surface area contributed by atoms with E-state index in [0.717, 1.165) is 5.69 Å². The van der Waals surface area contributed by atoms with Crippen molar-refractivity contribution in [3.8, 4) is 17.1 Å². The van der Waals surface area contributed by atoms with Crippen LogP contribution in [0.3, 0.4) is 0 Å². The van der Waals surface area contributed by atoms with Crippen LogP contribution in [0.5, 0.6) is 0 Å². The van der Waals surface area contributed by atoms with Gasteiger partial charge in [0.1, 0.15) is 6.33 Å². The quantitative estimate of drug-likeness (QED) is 0.340. The molecule has 0 spiro atoms. The number of nitrogens with zero attached hydrogens (tertiary/aromatic N) is 5. The van der Waals surface area contributed by atoms with Gasteiger partial charge in [0.15, 0.2) is 5.89 Å². The Bertz CT molecular complexity index is 1090. The number of fused-ring (bicyclic) bond motifs is 1. The first kappa shape index (κ1) is 20.4. The molecule has 28 heavy (non-hydrogen) atoms. The van der Waals surface area contributed by atoms with Gasteiger partial charge >= 0.3 is 0 Å². The van der Waals surface area contributed by atoms with Gasteiger partial charge in [-0.3, -0.25) is 4.98 Å². The zero-order chi connectivity index (χ0) is 19.1. The van der Waals surface area contributed by atoms with Crippen LogP contribution in [0.1, 0.15) is 56.5 Å². The molecule has 7 heteroatoms. The Morgan fingerprint density at radius 3 is 2.39 bits per heavy atom. The van der Waals surface area contributed by atoms with Crippen molar-refractivity contribution in [2.75, 3.05) is 0 Å². The van der Waals surface area contributed by atoms with Crippen molar-refractivity contribution in [3.05, 3.63) is 53.9 Å². The summed E-state index contributed by atoms with van der Waals surface area (Å²) in [6.45, 7) is 10.6. The molecule has 0 amide bonds. The van der Waals surface area contributed by atoms with Crippen LogP contribution in [0.4, 0.5) is 0 Å². The number of hydrogen-bond donors (Lipinski definition) is 0. The maximum Gasteiger partial charge on any atom is 0.180 e. The van der Waals surface area contributed by atoms with E-state index in [9.17, 15) is 0 Å². The zero-order valence-electron chi connectivity index (χ0n) is 16.5. The monoisotopic (exact) mass is 553 g/mol. The molecule has 0 atom stereocenters. The summed E-state index contributed by atoms with van der Waals surface area (Å²) in [4.78, 5) is 8.69. The average Bonchev–Trinajstić information content (AvgIpc) is 3.25. The SMILES string of the molecule is Cc1nc2c(-c3nncn3-c3c(C(C)C)cccc3C(C)C)[c-]ncc2o1.[Ir]. The molecule has 3 heterocycles. The number of benzene rings is 1. The van der Waals surface area contributed by atoms with Gasteiger partial charge in [-0.25, -0.2) is 0 Å². The van der Waals surface area contributed by atoms with Crippen molar-refractivity contribution >= 4 is 11.1 Å². The van der Waals surface area contributed by atoms with E-state index in [-0.39, 0.29) is 20.1 Å². The Hall–Kier alpha value is -2.37. The first-order chi connectivity index (χ1) is 13.0. The fourth-order valence-electron chi connectivity index (χ4n) is 3.43. The largest absolute Gasteiger partial charge is 0.460 e. The predicted molar refractivity (Wildman–Crippen MR) is 104 cm³/mol. The molecular formula is C21H22IrN5O-. The van der Waals surface area contributed by atoms with Gasteiger partial charge in [0.25, 0.3) is 0 Å². The van der Waals surface area contributed by atoms with E-state index in [0.29, 0.717) is 40.2 Å². The average molecular weight is 553 g/mol. The van der Waals surface area contributed by atoms with E-state index in [4.69, 9.17) is 4.42 Å². The van der Waals surface area contributed by atoms with Crippen LogP contribution in [-0.4, -0.2) is 24.7 Å². The summed E-state index contributed by atoms with van der Waals surface area (Å²) in [6, 6.07) is 6.45. The third-order valence-electron chi connectivity index (χ3n) is 4.71. The number of aryl methyl sites for hydroxylation is 1. The van der Waals surface area contributed by atoms with Crippen LogP contribution in [0, 0.1) is 13.1 Å². The Morgan fingerprint density at radius 2 is 1.75 bits per heavy atom. The van der Waals surface area contributed by atoms with E-state index < -0.39 is 0 Å². The Balaban J connectivity index is 0.00000225. The second-order valence-electron chi connectivity index (χ2n) is 7.31.